The standard InChI is InChI=1S/C25H26ClN3O3S.C24H25ClN4O6S2.C18H12Cl2N2O2S.C7H15NO.4CH4/c1-14-6-19(8-16(14)11-30)29-25-21(10-27-13-28-25)23(31)22-9-17(12-33-22)24-20-3-2-18(26)7-15(20)4-5-32-24;25-16-1-2-18-13(5-16)3-4-34-23(18)15-7-21(36-11-15)22(31)19-9-27-12-28-24(19)29-17-6-14(20(30)8-17)10-35-37(26,32)33;19-12-1-2-13-10(5-12)3-4-24-17(13)11-6-15(25-8-11)16(23)14-7-21-9-22-18(14)20;1-5-2-7(8)3-6(5)4-9;;;;/h2-3,7,9-10,12-14,16,19,24,30H,4-6,8,11H2,1H3,(H,27,28,29);1-2,5,7,9,11-12,14,17,20,23,30H,3-4,6,8,10H2,(H2,26,32,33)(H,27,28,29);1-2,5-9,17H,3-4H2;5-7,9H,2-4,8H2,1H3;4*1H4/t14-,16+,19-,24?;14-,17-,20+,23?;;5-,6+,7-;;;;/m01.0..../s1. The molecule has 30 heteroatoms. The van der Waals surface area contributed by atoms with Gasteiger partial charge in [-0.3, -0.25) is 18.6 Å². The van der Waals surface area contributed by atoms with Gasteiger partial charge in [-0.25, -0.2) is 35.0 Å². The van der Waals surface area contributed by atoms with Crippen LogP contribution < -0.4 is 21.5 Å². The van der Waals surface area contributed by atoms with Gasteiger partial charge in [-0.2, -0.15) is 8.42 Å². The van der Waals surface area contributed by atoms with Crippen LogP contribution in [-0.2, 0) is 48.0 Å². The summed E-state index contributed by atoms with van der Waals surface area (Å²) in [5.41, 5.74) is 16.3. The Morgan fingerprint density at radius 2 is 0.917 bits per heavy atom. The molecule has 22 nitrogen and oxygen atoms in total. The van der Waals surface area contributed by atoms with Gasteiger partial charge in [-0.05, 0) is 202 Å². The summed E-state index contributed by atoms with van der Waals surface area (Å²) < 4.78 is 44.9. The summed E-state index contributed by atoms with van der Waals surface area (Å²) in [5.74, 6) is 1.75. The molecule has 6 aliphatic rings. The van der Waals surface area contributed by atoms with E-state index in [0.29, 0.717) is 111 Å². The van der Waals surface area contributed by atoms with Gasteiger partial charge >= 0.3 is 10.3 Å². The zero-order chi connectivity index (χ0) is 73.3. The van der Waals surface area contributed by atoms with Crippen LogP contribution in [0.25, 0.3) is 0 Å². The third-order valence-corrected chi connectivity index (χ3v) is 24.1. The van der Waals surface area contributed by atoms with Gasteiger partial charge < -0.3 is 45.9 Å². The number of nitrogens with two attached hydrogens (primary N) is 2. The maximum Gasteiger partial charge on any atom is 0.333 e. The average Bonchev–Trinajstić information content (AvgIpc) is 1.54. The van der Waals surface area contributed by atoms with Gasteiger partial charge in [0.05, 0.1) is 63.9 Å². The predicted octanol–water partition coefficient (Wildman–Crippen LogP) is 15.4. The van der Waals surface area contributed by atoms with Gasteiger partial charge in [0.1, 0.15) is 54.1 Å². The average molecular weight is 1630 g/mol. The lowest BCUT2D eigenvalue weighted by molar-refractivity contribution is 0.0700. The van der Waals surface area contributed by atoms with Crippen LogP contribution in [0.5, 0.6) is 0 Å². The van der Waals surface area contributed by atoms with Crippen molar-refractivity contribution < 1.29 is 56.5 Å². The van der Waals surface area contributed by atoms with Crippen molar-refractivity contribution in [3.63, 3.8) is 0 Å². The molecule has 3 aromatic carbocycles. The molecular weight excluding hydrogens is 1540 g/mol. The lowest BCUT2D eigenvalue weighted by Gasteiger charge is -2.25. The van der Waals surface area contributed by atoms with Crippen molar-refractivity contribution in [3.05, 3.63) is 228 Å². The lowest BCUT2D eigenvalue weighted by Crippen LogP contribution is -2.24. The van der Waals surface area contributed by atoms with E-state index in [0.717, 1.165) is 93.9 Å². The highest BCUT2D eigenvalue weighted by Crippen LogP contribution is 2.42. The van der Waals surface area contributed by atoms with Crippen molar-refractivity contribution in [3.8, 4) is 0 Å². The van der Waals surface area contributed by atoms with Crippen molar-refractivity contribution >= 4 is 120 Å². The number of anilines is 2. The smallest absolute Gasteiger partial charge is 0.333 e. The topological polar surface area (TPSA) is 336 Å². The molecule has 3 fully saturated rings. The van der Waals surface area contributed by atoms with Gasteiger partial charge in [0.25, 0.3) is 0 Å². The van der Waals surface area contributed by atoms with E-state index >= 15 is 0 Å². The Labute approximate surface area is 664 Å². The summed E-state index contributed by atoms with van der Waals surface area (Å²) >= 11 is 28.5. The molecule has 9 heterocycles. The van der Waals surface area contributed by atoms with Crippen molar-refractivity contribution in [2.45, 2.75) is 144 Å². The number of ketones is 3. The molecule has 3 saturated carbocycles. The van der Waals surface area contributed by atoms with Crippen LogP contribution in [0.4, 0.5) is 11.6 Å². The van der Waals surface area contributed by atoms with Gasteiger partial charge in [-0.1, -0.05) is 108 Å². The Bertz CT molecular complexity index is 4650. The molecule has 580 valence electrons. The van der Waals surface area contributed by atoms with Gasteiger partial charge in [0, 0.05) is 70.9 Å². The number of carbonyl (C=O) groups is 3. The number of aliphatic hydroxyl groups excluding tert-OH is 3. The molecule has 3 unspecified atom stereocenters. The normalized spacial score (nSPS) is 23.0. The predicted molar refractivity (Wildman–Crippen MR) is 429 cm³/mol. The Kier molecular flexibility index (Phi) is 31.8. The van der Waals surface area contributed by atoms with Crippen molar-refractivity contribution in [1.29, 1.82) is 0 Å². The molecule has 15 rings (SSSR count). The number of nitrogens with zero attached hydrogens (tertiary/aromatic N) is 6. The quantitative estimate of drug-likeness (QED) is 0.0310. The van der Waals surface area contributed by atoms with E-state index in [1.165, 1.54) is 76.5 Å². The summed E-state index contributed by atoms with van der Waals surface area (Å²) in [6, 6.07) is 23.3. The fourth-order valence-corrected chi connectivity index (χ4v) is 18.1. The fraction of sp³-hybridized carbons (Fsp3) is 0.423. The molecule has 3 aliphatic heterocycles. The van der Waals surface area contributed by atoms with Crippen LogP contribution in [0.2, 0.25) is 20.2 Å². The molecule has 9 N–H and O–H groups in total. The first-order chi connectivity index (χ1) is 50.1. The molecule has 9 aromatic rings. The third kappa shape index (κ3) is 21.3. The first-order valence-electron chi connectivity index (χ1n) is 34.1. The number of hydrogen-bond donors (Lipinski definition) is 7. The van der Waals surface area contributed by atoms with Crippen molar-refractivity contribution in [2.75, 3.05) is 50.3 Å². The summed E-state index contributed by atoms with van der Waals surface area (Å²) in [6.45, 7) is 6.40. The molecule has 0 bridgehead atoms. The monoisotopic (exact) mass is 1630 g/mol. The highest BCUT2D eigenvalue weighted by atomic mass is 35.5. The molecule has 0 spiro atoms. The summed E-state index contributed by atoms with van der Waals surface area (Å²) in [7, 11) is -4.10. The van der Waals surface area contributed by atoms with Crippen LogP contribution in [0.1, 0.15) is 196 Å². The zero-order valence-electron chi connectivity index (χ0n) is 56.7. The number of fused-ring (bicyclic) bond motifs is 3. The maximum atomic E-state index is 13.5. The van der Waals surface area contributed by atoms with Crippen LogP contribution >= 0.6 is 80.4 Å². The minimum Gasteiger partial charge on any atom is -0.396 e. The Balaban J connectivity index is 0.000000192. The second-order valence-electron chi connectivity index (χ2n) is 26.9. The van der Waals surface area contributed by atoms with E-state index in [2.05, 4.69) is 58.6 Å². The van der Waals surface area contributed by atoms with E-state index in [4.69, 9.17) is 76.6 Å². The van der Waals surface area contributed by atoms with Crippen LogP contribution in [0.15, 0.2) is 127 Å². The maximum absolute atomic E-state index is 13.5. The molecule has 0 saturated heterocycles. The number of benzene rings is 3. The number of ether oxygens (including phenoxy) is 3. The number of carbonyl (C=O) groups excluding carboxylic acids is 3. The lowest BCUT2D eigenvalue weighted by atomic mass is 9.94. The number of aliphatic hydroxyl groups is 3. The molecule has 12 atom stereocenters. The number of nitrogens with one attached hydrogen (secondary N) is 2. The number of rotatable bonds is 18. The minimum atomic E-state index is -4.10. The van der Waals surface area contributed by atoms with E-state index < -0.39 is 22.3 Å². The molecule has 108 heavy (non-hydrogen) atoms. The first kappa shape index (κ1) is 86.9. The van der Waals surface area contributed by atoms with Crippen LogP contribution in [0, 0.1) is 29.6 Å². The number of halogens is 4. The van der Waals surface area contributed by atoms with E-state index in [-0.39, 0.29) is 102 Å². The molecule has 6 aromatic heterocycles. The molecule has 3 aliphatic carbocycles. The Hall–Kier alpha value is -6.64. The van der Waals surface area contributed by atoms with Gasteiger partial charge in [-0.15, -0.1) is 34.0 Å². The Morgan fingerprint density at radius 1 is 0.537 bits per heavy atom. The van der Waals surface area contributed by atoms with Crippen molar-refractivity contribution in [2.24, 2.45) is 40.5 Å². The summed E-state index contributed by atoms with van der Waals surface area (Å²) in [4.78, 5) is 65.7. The van der Waals surface area contributed by atoms with E-state index in [1.54, 1.807) is 6.20 Å². The van der Waals surface area contributed by atoms with Crippen LogP contribution in [0.3, 0.4) is 0 Å². The number of aromatic nitrogens is 6. The second-order valence-corrected chi connectivity index (χ2v) is 32.5. The first-order valence-corrected chi connectivity index (χ1v) is 39.7. The van der Waals surface area contributed by atoms with Crippen molar-refractivity contribution in [1.82, 2.24) is 29.9 Å². The largest absolute Gasteiger partial charge is 0.396 e. The highest BCUT2D eigenvalue weighted by Gasteiger charge is 2.37. The number of thiophene rings is 3. The SMILES string of the molecule is C.C.C.C.C[C@H]1C[C@H](N)C[C@@H]1CO.C[C@H]1C[C@H](Nc2ncncc2C(=O)c2cc(C3OCCc4cc(Cl)ccc43)cs2)C[C@@H]1CO.NS(=O)(=O)OC[C@H]1C[C@@H](Nc2ncncc2C(=O)c2cc(C3OCCc4cc(Cl)ccc43)cs2)C[C@@H]1O.O=C(c1cc(C2OCCc3cc(Cl)ccc32)cs1)c1cncnc1Cl. The summed E-state index contributed by atoms with van der Waals surface area (Å²) in [6.07, 6.45) is 14.2. The van der Waals surface area contributed by atoms with E-state index in [1.807, 2.05) is 88.9 Å². The second kappa shape index (κ2) is 39.5. The molecule has 0 radical (unpaired) electrons. The third-order valence-electron chi connectivity index (χ3n) is 19.8. The minimum absolute atomic E-state index is 0. The Morgan fingerprint density at radius 3 is 1.30 bits per heavy atom. The van der Waals surface area contributed by atoms with Gasteiger partial charge in [0.15, 0.2) is 0 Å². The van der Waals surface area contributed by atoms with Crippen LogP contribution in [-0.4, -0.2) is 135 Å². The van der Waals surface area contributed by atoms with E-state index in [9.17, 15) is 33.0 Å². The molecular formula is C78H94Cl4N10O12S4. The fourth-order valence-electron chi connectivity index (χ4n) is 14.3. The van der Waals surface area contributed by atoms with Gasteiger partial charge in [0.2, 0.25) is 17.3 Å². The molecule has 0 amide bonds. The summed E-state index contributed by atoms with van der Waals surface area (Å²) in [5, 5.41) is 48.4. The zero-order valence-corrected chi connectivity index (χ0v) is 62.9. The number of hydrogen-bond acceptors (Lipinski definition) is 24. The highest BCUT2D eigenvalue weighted by molar-refractivity contribution is 7.84.